The van der Waals surface area contributed by atoms with Gasteiger partial charge in [0.25, 0.3) is 0 Å². The molecule has 0 saturated carbocycles. The Hall–Kier alpha value is -2.72. The summed E-state index contributed by atoms with van der Waals surface area (Å²) in [5.74, 6) is 0.731. The van der Waals surface area contributed by atoms with Gasteiger partial charge in [0.15, 0.2) is 5.82 Å². The maximum Gasteiger partial charge on any atom is 0.160 e. The summed E-state index contributed by atoms with van der Waals surface area (Å²) in [5, 5.41) is 0. The number of nitrogens with zero attached hydrogens (tertiary/aromatic N) is 2. The number of benzene rings is 3. The fourth-order valence-corrected chi connectivity index (χ4v) is 3.56. The monoisotopic (exact) mass is 398 g/mol. The fraction of sp³-hybridized carbons (Fsp3) is 0. The quantitative estimate of drug-likeness (QED) is 0.475. The standard InChI is InChI=1S/C22H16BBrN2/c23-18-11-17(12-19(24)13-18)22-25-20(15-7-3-1-4-8-15)14-21(26-22)16-9-5-2-6-10-16/h1-14H,23H2. The fourth-order valence-electron chi connectivity index (χ4n) is 2.96. The molecular weight excluding hydrogens is 383 g/mol. The lowest BCUT2D eigenvalue weighted by molar-refractivity contribution is 1.18. The Bertz CT molecular complexity index is 972. The molecule has 0 aliphatic heterocycles. The van der Waals surface area contributed by atoms with Crippen molar-refractivity contribution in [2.45, 2.75) is 0 Å². The zero-order chi connectivity index (χ0) is 17.9. The normalized spacial score (nSPS) is 10.7. The van der Waals surface area contributed by atoms with E-state index < -0.39 is 0 Å². The summed E-state index contributed by atoms with van der Waals surface area (Å²) in [6, 6.07) is 28.8. The van der Waals surface area contributed by atoms with Gasteiger partial charge in [0, 0.05) is 21.2 Å². The maximum atomic E-state index is 4.85. The molecule has 0 fully saturated rings. The third kappa shape index (κ3) is 3.61. The van der Waals surface area contributed by atoms with E-state index in [0.717, 1.165) is 38.4 Å². The van der Waals surface area contributed by atoms with Crippen molar-refractivity contribution in [2.75, 3.05) is 0 Å². The van der Waals surface area contributed by atoms with Gasteiger partial charge in [0.1, 0.15) is 7.85 Å². The third-order valence-electron chi connectivity index (χ3n) is 4.17. The Kier molecular flexibility index (Phi) is 4.68. The largest absolute Gasteiger partial charge is 0.228 e. The van der Waals surface area contributed by atoms with Crippen LogP contribution in [0.5, 0.6) is 0 Å². The predicted octanol–water partition coefficient (Wildman–Crippen LogP) is 4.50. The van der Waals surface area contributed by atoms with E-state index in [-0.39, 0.29) is 0 Å². The number of rotatable bonds is 3. The van der Waals surface area contributed by atoms with Gasteiger partial charge in [-0.05, 0) is 12.1 Å². The molecule has 0 radical (unpaired) electrons. The zero-order valence-electron chi connectivity index (χ0n) is 14.4. The molecule has 0 bridgehead atoms. The highest BCUT2D eigenvalue weighted by atomic mass is 79.9. The summed E-state index contributed by atoms with van der Waals surface area (Å²) in [4.78, 5) is 9.70. The van der Waals surface area contributed by atoms with Crippen molar-refractivity contribution in [3.8, 4) is 33.9 Å². The average Bonchev–Trinajstić information content (AvgIpc) is 2.68. The van der Waals surface area contributed by atoms with Crippen LogP contribution in [0.25, 0.3) is 33.9 Å². The Morgan fingerprint density at radius 1 is 0.615 bits per heavy atom. The SMILES string of the molecule is Bc1cc(Br)cc(-c2nc(-c3ccccc3)cc(-c3ccccc3)n2)c1. The molecule has 2 nitrogen and oxygen atoms in total. The van der Waals surface area contributed by atoms with Crippen LogP contribution < -0.4 is 5.46 Å². The van der Waals surface area contributed by atoms with Gasteiger partial charge in [-0.2, -0.15) is 0 Å². The van der Waals surface area contributed by atoms with Crippen molar-refractivity contribution in [3.63, 3.8) is 0 Å². The molecule has 0 atom stereocenters. The van der Waals surface area contributed by atoms with Gasteiger partial charge in [-0.15, -0.1) is 0 Å². The number of hydrogen-bond acceptors (Lipinski definition) is 2. The van der Waals surface area contributed by atoms with E-state index in [1.54, 1.807) is 0 Å². The predicted molar refractivity (Wildman–Crippen MR) is 114 cm³/mol. The number of hydrogen-bond donors (Lipinski definition) is 0. The van der Waals surface area contributed by atoms with E-state index in [1.807, 2.05) is 36.4 Å². The van der Waals surface area contributed by atoms with Crippen molar-refractivity contribution in [1.29, 1.82) is 0 Å². The molecule has 4 rings (SSSR count). The van der Waals surface area contributed by atoms with Crippen LogP contribution in [-0.4, -0.2) is 17.8 Å². The van der Waals surface area contributed by atoms with Gasteiger partial charge >= 0.3 is 0 Å². The minimum Gasteiger partial charge on any atom is -0.228 e. The third-order valence-corrected chi connectivity index (χ3v) is 4.62. The first-order valence-electron chi connectivity index (χ1n) is 8.46. The van der Waals surface area contributed by atoms with Crippen LogP contribution in [0.1, 0.15) is 0 Å². The molecule has 0 unspecified atom stereocenters. The molecular formula is C22H16BBrN2. The first-order valence-corrected chi connectivity index (χ1v) is 9.26. The smallest absolute Gasteiger partial charge is 0.160 e. The summed E-state index contributed by atoms with van der Waals surface area (Å²) >= 11 is 3.58. The minimum absolute atomic E-state index is 0.731. The van der Waals surface area contributed by atoms with Crippen molar-refractivity contribution >= 4 is 29.2 Å². The minimum atomic E-state index is 0.731. The van der Waals surface area contributed by atoms with Crippen molar-refractivity contribution in [1.82, 2.24) is 9.97 Å². The second-order valence-electron chi connectivity index (χ2n) is 6.21. The van der Waals surface area contributed by atoms with Crippen LogP contribution in [0.15, 0.2) is 89.4 Å². The van der Waals surface area contributed by atoms with E-state index >= 15 is 0 Å². The van der Waals surface area contributed by atoms with Crippen LogP contribution in [0.3, 0.4) is 0 Å². The first kappa shape index (κ1) is 16.7. The van der Waals surface area contributed by atoms with Crippen LogP contribution in [0, 0.1) is 0 Å². The maximum absolute atomic E-state index is 4.85. The highest BCUT2D eigenvalue weighted by Crippen LogP contribution is 2.27. The Labute approximate surface area is 162 Å². The highest BCUT2D eigenvalue weighted by molar-refractivity contribution is 9.10. The van der Waals surface area contributed by atoms with Gasteiger partial charge in [-0.3, -0.25) is 0 Å². The van der Waals surface area contributed by atoms with E-state index in [1.165, 1.54) is 5.46 Å². The van der Waals surface area contributed by atoms with Gasteiger partial charge in [-0.25, -0.2) is 9.97 Å². The van der Waals surface area contributed by atoms with Crippen LogP contribution >= 0.6 is 15.9 Å². The Balaban J connectivity index is 1.93. The van der Waals surface area contributed by atoms with E-state index in [9.17, 15) is 0 Å². The molecule has 1 aromatic heterocycles. The molecule has 0 saturated heterocycles. The summed E-state index contributed by atoms with van der Waals surface area (Å²) in [6.45, 7) is 0. The molecule has 0 N–H and O–H groups in total. The van der Waals surface area contributed by atoms with E-state index in [0.29, 0.717) is 0 Å². The number of aromatic nitrogens is 2. The van der Waals surface area contributed by atoms with E-state index in [2.05, 4.69) is 72.3 Å². The lowest BCUT2D eigenvalue weighted by Crippen LogP contribution is -2.03. The van der Waals surface area contributed by atoms with Crippen LogP contribution in [-0.2, 0) is 0 Å². The van der Waals surface area contributed by atoms with Gasteiger partial charge in [-0.1, -0.05) is 94.2 Å². The van der Waals surface area contributed by atoms with Gasteiger partial charge < -0.3 is 0 Å². The first-order chi connectivity index (χ1) is 12.7. The van der Waals surface area contributed by atoms with Crippen molar-refractivity contribution < 1.29 is 0 Å². The number of halogens is 1. The summed E-state index contributed by atoms with van der Waals surface area (Å²) in [5.41, 5.74) is 6.19. The zero-order valence-corrected chi connectivity index (χ0v) is 15.9. The van der Waals surface area contributed by atoms with Crippen molar-refractivity contribution in [2.24, 2.45) is 0 Å². The van der Waals surface area contributed by atoms with Crippen LogP contribution in [0.4, 0.5) is 0 Å². The van der Waals surface area contributed by atoms with E-state index in [4.69, 9.17) is 9.97 Å². The molecule has 0 spiro atoms. The lowest BCUT2D eigenvalue weighted by atomic mass is 9.94. The molecule has 124 valence electrons. The van der Waals surface area contributed by atoms with Gasteiger partial charge in [0.2, 0.25) is 0 Å². The second-order valence-corrected chi connectivity index (χ2v) is 7.13. The van der Waals surface area contributed by atoms with Gasteiger partial charge in [0.05, 0.1) is 11.4 Å². The molecule has 0 amide bonds. The Morgan fingerprint density at radius 3 is 1.65 bits per heavy atom. The van der Waals surface area contributed by atoms with Crippen LogP contribution in [0.2, 0.25) is 0 Å². The topological polar surface area (TPSA) is 25.8 Å². The van der Waals surface area contributed by atoms with Crippen molar-refractivity contribution in [3.05, 3.63) is 89.4 Å². The summed E-state index contributed by atoms with van der Waals surface area (Å²) < 4.78 is 1.03. The molecule has 1 heterocycles. The molecule has 4 aromatic rings. The second kappa shape index (κ2) is 7.26. The molecule has 3 aromatic carbocycles. The Morgan fingerprint density at radius 2 is 1.15 bits per heavy atom. The molecule has 4 heteroatoms. The highest BCUT2D eigenvalue weighted by Gasteiger charge is 2.11. The summed E-state index contributed by atoms with van der Waals surface area (Å²) in [6.07, 6.45) is 0. The average molecular weight is 399 g/mol. The molecule has 0 aliphatic rings. The summed E-state index contributed by atoms with van der Waals surface area (Å²) in [7, 11) is 2.08. The lowest BCUT2D eigenvalue weighted by Gasteiger charge is -2.10. The molecule has 26 heavy (non-hydrogen) atoms. The molecule has 0 aliphatic carbocycles.